The minimum atomic E-state index is -0.217. The molecule has 31 heavy (non-hydrogen) atoms. The van der Waals surface area contributed by atoms with E-state index in [1.54, 1.807) is 6.92 Å². The lowest BCUT2D eigenvalue weighted by atomic mass is 10.1. The molecule has 1 aliphatic heterocycles. The Morgan fingerprint density at radius 1 is 1.19 bits per heavy atom. The van der Waals surface area contributed by atoms with Gasteiger partial charge in [0.25, 0.3) is 0 Å². The van der Waals surface area contributed by atoms with E-state index in [9.17, 15) is 15.2 Å². The number of rotatable bonds is 5. The number of anilines is 1. The number of aliphatic hydroxyl groups excluding tert-OH is 1. The second-order valence-electron chi connectivity index (χ2n) is 7.94. The van der Waals surface area contributed by atoms with E-state index < -0.39 is 0 Å². The van der Waals surface area contributed by atoms with E-state index in [0.717, 1.165) is 42.9 Å². The number of nitrogens with zero attached hydrogens (tertiary/aromatic N) is 3. The number of benzene rings is 2. The van der Waals surface area contributed by atoms with Gasteiger partial charge in [0.15, 0.2) is 17.4 Å². The van der Waals surface area contributed by atoms with Gasteiger partial charge in [-0.05, 0) is 50.2 Å². The van der Waals surface area contributed by atoms with Gasteiger partial charge in [-0.3, -0.25) is 4.79 Å². The van der Waals surface area contributed by atoms with Crippen molar-refractivity contribution >= 4 is 28.1 Å². The number of Topliss-reactive ketones (excluding diaryl/α,β-unsaturated/α-hetero) is 1. The number of hydrogen-bond acceptors (Lipinski definition) is 5. The number of allylic oxidation sites excluding steroid dienone is 1. The first-order chi connectivity index (χ1) is 15.0. The van der Waals surface area contributed by atoms with Crippen LogP contribution < -0.4 is 9.80 Å². The molecule has 0 saturated carbocycles. The fraction of sp³-hybridized carbons (Fsp3) is 0.292. The van der Waals surface area contributed by atoms with Crippen LogP contribution in [0.15, 0.2) is 54.3 Å². The molecule has 0 amide bonds. The van der Waals surface area contributed by atoms with Crippen LogP contribution in [-0.2, 0) is 0 Å². The minimum absolute atomic E-state index is 0.0645. The maximum absolute atomic E-state index is 11.5. The molecule has 7 heteroatoms. The highest BCUT2D eigenvalue weighted by Crippen LogP contribution is 2.20. The third kappa shape index (κ3) is 4.16. The molecule has 3 aromatic rings. The zero-order chi connectivity index (χ0) is 22.0. The number of aromatic nitrogens is 2. The normalized spacial score (nSPS) is 16.6. The van der Waals surface area contributed by atoms with E-state index in [-0.39, 0.29) is 23.2 Å². The molecule has 4 rings (SSSR count). The average Bonchev–Trinajstić information content (AvgIpc) is 3.23. The summed E-state index contributed by atoms with van der Waals surface area (Å²) in [5.74, 6) is 0.530. The minimum Gasteiger partial charge on any atom is -0.505 e. The zero-order valence-electron chi connectivity index (χ0n) is 17.7. The van der Waals surface area contributed by atoms with Gasteiger partial charge >= 0.3 is 0 Å². The number of piperazine rings is 1. The maximum Gasteiger partial charge on any atom is 0.172 e. The molecular weight excluding hydrogens is 390 g/mol. The number of nitrogens with one attached hydrogen (secondary N) is 2. The lowest BCUT2D eigenvalue weighted by Crippen LogP contribution is -3.18. The van der Waals surface area contributed by atoms with Crippen molar-refractivity contribution in [1.29, 1.82) is 5.26 Å². The second-order valence-corrected chi connectivity index (χ2v) is 7.94. The van der Waals surface area contributed by atoms with E-state index >= 15 is 0 Å². The van der Waals surface area contributed by atoms with Gasteiger partial charge in [-0.1, -0.05) is 12.1 Å². The molecule has 2 aromatic carbocycles. The van der Waals surface area contributed by atoms with Crippen LogP contribution in [-0.4, -0.2) is 53.1 Å². The van der Waals surface area contributed by atoms with E-state index in [1.165, 1.54) is 4.90 Å². The van der Waals surface area contributed by atoms with Gasteiger partial charge in [-0.25, -0.2) is 4.98 Å². The molecule has 1 atom stereocenters. The molecule has 1 aromatic heterocycles. The lowest BCUT2D eigenvalue weighted by molar-refractivity contribution is -0.919. The first-order valence-corrected chi connectivity index (χ1v) is 10.5. The van der Waals surface area contributed by atoms with Crippen molar-refractivity contribution in [3.63, 3.8) is 0 Å². The number of aromatic amines is 1. The van der Waals surface area contributed by atoms with Crippen LogP contribution in [0.1, 0.15) is 30.0 Å². The zero-order valence-corrected chi connectivity index (χ0v) is 17.7. The molecule has 158 valence electrons. The summed E-state index contributed by atoms with van der Waals surface area (Å²) in [4.78, 5) is 22.6. The Morgan fingerprint density at radius 2 is 1.87 bits per heavy atom. The van der Waals surface area contributed by atoms with Crippen molar-refractivity contribution in [2.75, 3.05) is 31.1 Å². The predicted molar refractivity (Wildman–Crippen MR) is 120 cm³/mol. The largest absolute Gasteiger partial charge is 0.505 e. The highest BCUT2D eigenvalue weighted by molar-refractivity contribution is 5.94. The highest BCUT2D eigenvalue weighted by Gasteiger charge is 2.30. The molecule has 0 radical (unpaired) electrons. The quantitative estimate of drug-likeness (QED) is 0.337. The first kappa shape index (κ1) is 20.6. The van der Waals surface area contributed by atoms with Crippen LogP contribution in [0.4, 0.5) is 5.69 Å². The van der Waals surface area contributed by atoms with Crippen molar-refractivity contribution in [3.8, 4) is 6.07 Å². The average molecular weight is 417 g/mol. The monoisotopic (exact) mass is 416 g/mol. The number of hydrogen-bond donors (Lipinski definition) is 3. The number of carbonyl (C=O) groups is 1. The molecule has 7 nitrogen and oxygen atoms in total. The highest BCUT2D eigenvalue weighted by atomic mass is 16.3. The standard InChI is InChI=1S/C24H25N5O2/c1-16(23(31)20(15-25)24-26-21-5-3-4-6-22(21)27-24)28-11-13-29(14-12-28)19-9-7-18(8-10-19)17(2)30/h3-10,16,31H,11-14H2,1-2H3,(H,26,27)/p+1/b23-20-/t16-/m0/s1. The number of imidazole rings is 1. The number of para-hydroxylation sites is 2. The van der Waals surface area contributed by atoms with Gasteiger partial charge in [0, 0.05) is 11.3 Å². The van der Waals surface area contributed by atoms with Crippen molar-refractivity contribution < 1.29 is 14.8 Å². The third-order valence-corrected chi connectivity index (χ3v) is 6.06. The third-order valence-electron chi connectivity index (χ3n) is 6.06. The van der Waals surface area contributed by atoms with Crippen LogP contribution >= 0.6 is 0 Å². The van der Waals surface area contributed by atoms with Gasteiger partial charge in [-0.15, -0.1) is 0 Å². The molecule has 0 aliphatic carbocycles. The van der Waals surface area contributed by atoms with Crippen LogP contribution in [0.3, 0.4) is 0 Å². The van der Waals surface area contributed by atoms with Crippen LogP contribution in [0.2, 0.25) is 0 Å². The number of aliphatic hydroxyl groups is 1. The summed E-state index contributed by atoms with van der Waals surface area (Å²) in [5, 5.41) is 20.6. The molecule has 0 spiro atoms. The Morgan fingerprint density at radius 3 is 2.48 bits per heavy atom. The number of nitriles is 1. The number of quaternary nitrogens is 1. The number of fused-ring (bicyclic) bond motifs is 1. The molecule has 1 saturated heterocycles. The van der Waals surface area contributed by atoms with Gasteiger partial charge in [0.2, 0.25) is 0 Å². The van der Waals surface area contributed by atoms with Gasteiger partial charge in [-0.2, -0.15) is 5.26 Å². The van der Waals surface area contributed by atoms with E-state index in [2.05, 4.69) is 20.9 Å². The molecule has 0 unspecified atom stereocenters. The Kier molecular flexibility index (Phi) is 5.74. The second kappa shape index (κ2) is 8.62. The van der Waals surface area contributed by atoms with Crippen LogP contribution in [0.5, 0.6) is 0 Å². The molecule has 0 bridgehead atoms. The molecule has 2 heterocycles. The Hall–Kier alpha value is -3.63. The summed E-state index contributed by atoms with van der Waals surface area (Å²) in [6.45, 7) is 6.84. The Labute approximate surface area is 181 Å². The van der Waals surface area contributed by atoms with E-state index in [1.807, 2.05) is 55.5 Å². The SMILES string of the molecule is CC(=O)c1ccc(N2CC[NH+]([C@@H](C)/C(O)=C(\C#N)c3nc4ccccc4[nH]3)CC2)cc1. The Bertz CT molecular complexity index is 1130. The summed E-state index contributed by atoms with van der Waals surface area (Å²) in [7, 11) is 0. The first-order valence-electron chi connectivity index (χ1n) is 10.5. The van der Waals surface area contributed by atoms with Gasteiger partial charge < -0.3 is 19.9 Å². The summed E-state index contributed by atoms with van der Waals surface area (Å²) in [6, 6.07) is 17.2. The number of ketones is 1. The summed E-state index contributed by atoms with van der Waals surface area (Å²) in [6.07, 6.45) is 0. The molecule has 1 aliphatic rings. The van der Waals surface area contributed by atoms with Crippen molar-refractivity contribution in [2.24, 2.45) is 0 Å². The van der Waals surface area contributed by atoms with E-state index in [4.69, 9.17) is 0 Å². The Balaban J connectivity index is 1.47. The molecule has 3 N–H and O–H groups in total. The predicted octanol–water partition coefficient (Wildman–Crippen LogP) is 2.35. The lowest BCUT2D eigenvalue weighted by Gasteiger charge is -2.36. The van der Waals surface area contributed by atoms with E-state index in [0.29, 0.717) is 11.4 Å². The maximum atomic E-state index is 11.5. The fourth-order valence-electron chi connectivity index (χ4n) is 4.10. The van der Waals surface area contributed by atoms with Gasteiger partial charge in [0.1, 0.15) is 17.7 Å². The van der Waals surface area contributed by atoms with Crippen molar-refractivity contribution in [1.82, 2.24) is 9.97 Å². The number of carbonyl (C=O) groups excluding carboxylic acids is 1. The smallest absolute Gasteiger partial charge is 0.172 e. The molecule has 1 fully saturated rings. The summed E-state index contributed by atoms with van der Waals surface area (Å²) in [5.41, 5.74) is 3.60. The van der Waals surface area contributed by atoms with Gasteiger partial charge in [0.05, 0.1) is 37.2 Å². The van der Waals surface area contributed by atoms with Crippen LogP contribution in [0, 0.1) is 11.3 Å². The van der Waals surface area contributed by atoms with Crippen molar-refractivity contribution in [2.45, 2.75) is 19.9 Å². The number of H-pyrrole nitrogens is 1. The van der Waals surface area contributed by atoms with Crippen molar-refractivity contribution in [3.05, 3.63) is 65.7 Å². The van der Waals surface area contributed by atoms with Crippen LogP contribution in [0.25, 0.3) is 16.6 Å². The fourth-order valence-corrected chi connectivity index (χ4v) is 4.10. The summed E-state index contributed by atoms with van der Waals surface area (Å²) >= 11 is 0. The summed E-state index contributed by atoms with van der Waals surface area (Å²) < 4.78 is 0. The molecular formula is C24H26N5O2+. The topological polar surface area (TPSA) is 97.5 Å².